The van der Waals surface area contributed by atoms with Crippen LogP contribution in [0.1, 0.15) is 37.8 Å². The predicted molar refractivity (Wildman–Crippen MR) is 89.3 cm³/mol. The van der Waals surface area contributed by atoms with Gasteiger partial charge in [-0.25, -0.2) is 4.98 Å². The quantitative estimate of drug-likeness (QED) is 0.874. The largest absolute Gasteiger partial charge is 0.497 e. The van der Waals surface area contributed by atoms with Crippen molar-refractivity contribution in [3.63, 3.8) is 0 Å². The molecule has 0 amide bonds. The van der Waals surface area contributed by atoms with Crippen LogP contribution < -0.4 is 10.1 Å². The van der Waals surface area contributed by atoms with Gasteiger partial charge in [-0.05, 0) is 49.6 Å². The number of ether oxygens (including phenoxy) is 1. The molecule has 112 valence electrons. The zero-order valence-corrected chi connectivity index (χ0v) is 13.5. The van der Waals surface area contributed by atoms with Crippen LogP contribution in [0, 0.1) is 6.92 Å². The third-order valence-electron chi connectivity index (χ3n) is 4.08. The molecule has 0 aliphatic heterocycles. The SMILES string of the molecule is COc1ccc(-c2sc(NC3CCCCC3)nc2C)cc1. The lowest BCUT2D eigenvalue weighted by Gasteiger charge is -2.22. The second-order valence-corrected chi connectivity index (χ2v) is 6.64. The van der Waals surface area contributed by atoms with Gasteiger partial charge in [0.05, 0.1) is 17.7 Å². The van der Waals surface area contributed by atoms with E-state index < -0.39 is 0 Å². The highest BCUT2D eigenvalue weighted by Crippen LogP contribution is 2.34. The molecule has 0 radical (unpaired) electrons. The predicted octanol–water partition coefficient (Wildman–Crippen LogP) is 4.87. The average Bonchev–Trinajstić information content (AvgIpc) is 2.89. The van der Waals surface area contributed by atoms with E-state index in [1.54, 1.807) is 18.4 Å². The summed E-state index contributed by atoms with van der Waals surface area (Å²) in [6, 6.07) is 8.81. The number of rotatable bonds is 4. The van der Waals surface area contributed by atoms with Gasteiger partial charge in [-0.1, -0.05) is 30.6 Å². The number of anilines is 1. The lowest BCUT2D eigenvalue weighted by molar-refractivity contribution is 0.415. The van der Waals surface area contributed by atoms with Crippen molar-refractivity contribution >= 4 is 16.5 Å². The maximum Gasteiger partial charge on any atom is 0.183 e. The Balaban J connectivity index is 1.76. The zero-order valence-electron chi connectivity index (χ0n) is 12.7. The fourth-order valence-electron chi connectivity index (χ4n) is 2.89. The van der Waals surface area contributed by atoms with E-state index in [9.17, 15) is 0 Å². The van der Waals surface area contributed by atoms with Gasteiger partial charge in [0.1, 0.15) is 5.75 Å². The second-order valence-electron chi connectivity index (χ2n) is 5.64. The van der Waals surface area contributed by atoms with Gasteiger partial charge >= 0.3 is 0 Å². The summed E-state index contributed by atoms with van der Waals surface area (Å²) in [5, 5.41) is 4.68. The summed E-state index contributed by atoms with van der Waals surface area (Å²) in [5.41, 5.74) is 2.31. The topological polar surface area (TPSA) is 34.1 Å². The van der Waals surface area contributed by atoms with Gasteiger partial charge < -0.3 is 10.1 Å². The third kappa shape index (κ3) is 3.38. The first kappa shape index (κ1) is 14.4. The fourth-order valence-corrected chi connectivity index (χ4v) is 3.94. The smallest absolute Gasteiger partial charge is 0.183 e. The standard InChI is InChI=1S/C17H22N2OS/c1-12-16(13-8-10-15(20-2)11-9-13)21-17(18-12)19-14-6-4-3-5-7-14/h8-11,14H,3-7H2,1-2H3,(H,18,19). The molecule has 0 atom stereocenters. The Morgan fingerprint density at radius 3 is 2.52 bits per heavy atom. The van der Waals surface area contributed by atoms with Crippen molar-refractivity contribution < 1.29 is 4.74 Å². The molecule has 0 bridgehead atoms. The first-order valence-corrected chi connectivity index (χ1v) is 8.46. The van der Waals surface area contributed by atoms with Crippen molar-refractivity contribution in [2.24, 2.45) is 0 Å². The number of nitrogens with one attached hydrogen (secondary N) is 1. The van der Waals surface area contributed by atoms with E-state index in [-0.39, 0.29) is 0 Å². The maximum atomic E-state index is 5.22. The van der Waals surface area contributed by atoms with E-state index in [0.29, 0.717) is 6.04 Å². The Kier molecular flexibility index (Phi) is 4.44. The molecule has 3 rings (SSSR count). The second kappa shape index (κ2) is 6.48. The first-order chi connectivity index (χ1) is 10.3. The van der Waals surface area contributed by atoms with Crippen LogP contribution in [0.15, 0.2) is 24.3 Å². The molecule has 3 nitrogen and oxygen atoms in total. The molecular formula is C17H22N2OS. The van der Waals surface area contributed by atoms with Crippen LogP contribution in [0.5, 0.6) is 5.75 Å². The van der Waals surface area contributed by atoms with E-state index in [1.807, 2.05) is 12.1 Å². The molecule has 1 fully saturated rings. The number of nitrogens with zero attached hydrogens (tertiary/aromatic N) is 1. The monoisotopic (exact) mass is 302 g/mol. The molecule has 4 heteroatoms. The molecule has 0 spiro atoms. The summed E-state index contributed by atoms with van der Waals surface area (Å²) in [5.74, 6) is 0.890. The van der Waals surface area contributed by atoms with Crippen LogP contribution in [-0.2, 0) is 0 Å². The molecule has 1 aromatic carbocycles. The molecule has 1 aliphatic carbocycles. The number of aryl methyl sites for hydroxylation is 1. The average molecular weight is 302 g/mol. The Labute approximate surface area is 130 Å². The number of benzene rings is 1. The number of aromatic nitrogens is 1. The molecule has 1 heterocycles. The molecule has 21 heavy (non-hydrogen) atoms. The molecule has 1 N–H and O–H groups in total. The van der Waals surface area contributed by atoms with Crippen LogP contribution in [0.4, 0.5) is 5.13 Å². The minimum Gasteiger partial charge on any atom is -0.497 e. The fraction of sp³-hybridized carbons (Fsp3) is 0.471. The van der Waals surface area contributed by atoms with E-state index in [0.717, 1.165) is 16.6 Å². The van der Waals surface area contributed by atoms with Crippen molar-refractivity contribution in [1.82, 2.24) is 4.98 Å². The number of hydrogen-bond donors (Lipinski definition) is 1. The minimum absolute atomic E-state index is 0.605. The molecule has 1 aliphatic rings. The van der Waals surface area contributed by atoms with Gasteiger partial charge in [-0.2, -0.15) is 0 Å². The Hall–Kier alpha value is -1.55. The van der Waals surface area contributed by atoms with Gasteiger partial charge in [0.15, 0.2) is 5.13 Å². The van der Waals surface area contributed by atoms with E-state index in [2.05, 4.69) is 24.4 Å². The van der Waals surface area contributed by atoms with Crippen LogP contribution in [-0.4, -0.2) is 18.1 Å². The molecule has 2 aromatic rings. The maximum absolute atomic E-state index is 5.22. The number of thiazole rings is 1. The normalized spacial score (nSPS) is 15.9. The highest BCUT2D eigenvalue weighted by molar-refractivity contribution is 7.19. The van der Waals surface area contributed by atoms with Crippen LogP contribution in [0.2, 0.25) is 0 Å². The summed E-state index contributed by atoms with van der Waals surface area (Å²) in [6.07, 6.45) is 6.61. The van der Waals surface area contributed by atoms with Crippen LogP contribution in [0.3, 0.4) is 0 Å². The Bertz CT molecular complexity index is 585. The van der Waals surface area contributed by atoms with Gasteiger partial charge in [-0.3, -0.25) is 0 Å². The summed E-state index contributed by atoms with van der Waals surface area (Å²) in [4.78, 5) is 5.95. The Morgan fingerprint density at radius 1 is 1.14 bits per heavy atom. The van der Waals surface area contributed by atoms with Gasteiger partial charge in [0.2, 0.25) is 0 Å². The van der Waals surface area contributed by atoms with Gasteiger partial charge in [0.25, 0.3) is 0 Å². The first-order valence-electron chi connectivity index (χ1n) is 7.64. The van der Waals surface area contributed by atoms with Crippen molar-refractivity contribution in [2.75, 3.05) is 12.4 Å². The van der Waals surface area contributed by atoms with Crippen molar-refractivity contribution in [3.8, 4) is 16.2 Å². The number of hydrogen-bond acceptors (Lipinski definition) is 4. The zero-order chi connectivity index (χ0) is 14.7. The minimum atomic E-state index is 0.605. The Morgan fingerprint density at radius 2 is 1.86 bits per heavy atom. The molecule has 0 unspecified atom stereocenters. The van der Waals surface area contributed by atoms with E-state index >= 15 is 0 Å². The van der Waals surface area contributed by atoms with Crippen LogP contribution in [0.25, 0.3) is 10.4 Å². The van der Waals surface area contributed by atoms with Gasteiger partial charge in [-0.15, -0.1) is 0 Å². The summed E-state index contributed by atoms with van der Waals surface area (Å²) in [6.45, 7) is 2.09. The van der Waals surface area contributed by atoms with E-state index in [1.165, 1.54) is 42.5 Å². The third-order valence-corrected chi connectivity index (χ3v) is 5.22. The lowest BCUT2D eigenvalue weighted by atomic mass is 9.96. The summed E-state index contributed by atoms with van der Waals surface area (Å²) in [7, 11) is 1.69. The summed E-state index contributed by atoms with van der Waals surface area (Å²) >= 11 is 1.76. The molecular weight excluding hydrogens is 280 g/mol. The lowest BCUT2D eigenvalue weighted by Crippen LogP contribution is -2.21. The van der Waals surface area contributed by atoms with Crippen molar-refractivity contribution in [2.45, 2.75) is 45.1 Å². The summed E-state index contributed by atoms with van der Waals surface area (Å²) < 4.78 is 5.22. The molecule has 0 saturated heterocycles. The highest BCUT2D eigenvalue weighted by atomic mass is 32.1. The van der Waals surface area contributed by atoms with Crippen LogP contribution >= 0.6 is 11.3 Å². The van der Waals surface area contributed by atoms with Crippen molar-refractivity contribution in [3.05, 3.63) is 30.0 Å². The molecule has 1 aromatic heterocycles. The van der Waals surface area contributed by atoms with E-state index in [4.69, 9.17) is 9.72 Å². The van der Waals surface area contributed by atoms with Gasteiger partial charge in [0, 0.05) is 6.04 Å². The number of methoxy groups -OCH3 is 1. The molecule has 1 saturated carbocycles. The highest BCUT2D eigenvalue weighted by Gasteiger charge is 2.16. The van der Waals surface area contributed by atoms with Crippen molar-refractivity contribution in [1.29, 1.82) is 0 Å².